The number of benzene rings is 1. The van der Waals surface area contributed by atoms with Crippen LogP contribution in [0.15, 0.2) is 41.5 Å². The molecule has 0 radical (unpaired) electrons. The summed E-state index contributed by atoms with van der Waals surface area (Å²) in [7, 11) is -3.98. The van der Waals surface area contributed by atoms with E-state index in [4.69, 9.17) is 30.9 Å². The maximum atomic E-state index is 13.5. The van der Waals surface area contributed by atoms with E-state index in [0.29, 0.717) is 17.6 Å². The Morgan fingerprint density at radius 2 is 2.26 bits per heavy atom. The van der Waals surface area contributed by atoms with E-state index < -0.39 is 43.4 Å². The van der Waals surface area contributed by atoms with Gasteiger partial charge in [0.25, 0.3) is 5.56 Å². The van der Waals surface area contributed by atoms with E-state index in [1.165, 1.54) is 24.5 Å². The Hall–Kier alpha value is -2.60. The number of aromatic nitrogens is 4. The van der Waals surface area contributed by atoms with Crippen molar-refractivity contribution in [3.63, 3.8) is 0 Å². The van der Waals surface area contributed by atoms with Crippen molar-refractivity contribution in [1.29, 1.82) is 0 Å². The highest BCUT2D eigenvalue weighted by Crippen LogP contribution is 2.58. The predicted molar refractivity (Wildman–Crippen MR) is 124 cm³/mol. The summed E-state index contributed by atoms with van der Waals surface area (Å²) >= 11 is 5.86. The van der Waals surface area contributed by atoms with E-state index in [2.05, 4.69) is 21.5 Å². The Morgan fingerprint density at radius 3 is 3.03 bits per heavy atom. The van der Waals surface area contributed by atoms with Crippen LogP contribution in [-0.4, -0.2) is 43.9 Å². The number of aliphatic hydroxyl groups excluding tert-OH is 1. The molecule has 0 amide bonds. The number of rotatable bonds is 5. The molecule has 0 bridgehead atoms. The number of nitrogens with one attached hydrogen (secondary N) is 1. The molecular weight excluding hydrogens is 504 g/mol. The maximum Gasteiger partial charge on any atom is 0.475 e. The van der Waals surface area contributed by atoms with Gasteiger partial charge in [-0.3, -0.25) is 23.3 Å². The second kappa shape index (κ2) is 9.12. The highest BCUT2D eigenvalue weighted by atomic mass is 35.5. The first-order valence-corrected chi connectivity index (χ1v) is 12.6. The largest absolute Gasteiger partial charge is 0.475 e. The molecule has 1 saturated heterocycles. The molecule has 14 heteroatoms. The van der Waals surface area contributed by atoms with Gasteiger partial charge in [0.15, 0.2) is 11.2 Å². The van der Waals surface area contributed by atoms with E-state index in [1.54, 1.807) is 4.57 Å². The van der Waals surface area contributed by atoms with Crippen LogP contribution in [0.4, 0.5) is 10.3 Å². The van der Waals surface area contributed by atoms with Crippen molar-refractivity contribution >= 4 is 36.5 Å². The number of nitrogens with zero attached hydrogens (tertiary/aromatic N) is 3. The highest BCUT2D eigenvalue weighted by molar-refractivity contribution is 7.48. The average molecular weight is 526 g/mol. The summed E-state index contributed by atoms with van der Waals surface area (Å²) in [4.78, 5) is 22.7. The molecule has 3 heterocycles. The summed E-state index contributed by atoms with van der Waals surface area (Å²) in [5.41, 5.74) is 6.69. The molecule has 1 saturated carbocycles. The molecule has 35 heavy (non-hydrogen) atoms. The predicted octanol–water partition coefficient (Wildman–Crippen LogP) is 3.28. The van der Waals surface area contributed by atoms with Gasteiger partial charge in [-0.15, -0.1) is 0 Å². The molecule has 2 aliphatic rings. The summed E-state index contributed by atoms with van der Waals surface area (Å²) in [6, 6.07) is 3.67. The van der Waals surface area contributed by atoms with Crippen molar-refractivity contribution in [2.75, 3.05) is 18.9 Å². The van der Waals surface area contributed by atoms with E-state index in [0.717, 1.165) is 0 Å². The molecule has 1 aliphatic heterocycles. The van der Waals surface area contributed by atoms with Crippen LogP contribution >= 0.6 is 19.4 Å². The molecule has 1 aliphatic carbocycles. The Morgan fingerprint density at radius 1 is 1.46 bits per heavy atom. The van der Waals surface area contributed by atoms with Crippen LogP contribution in [0, 0.1) is 11.7 Å². The zero-order valence-electron chi connectivity index (χ0n) is 18.3. The number of H-pyrrole nitrogens is 1. The number of hydrogen-bond acceptors (Lipinski definition) is 9. The molecule has 2 fully saturated rings. The Labute approximate surface area is 203 Å². The second-order valence-corrected chi connectivity index (χ2v) is 10.4. The minimum absolute atomic E-state index is 0.0602. The fourth-order valence-electron chi connectivity index (χ4n) is 4.41. The van der Waals surface area contributed by atoms with Gasteiger partial charge in [-0.05, 0) is 29.7 Å². The first-order valence-electron chi connectivity index (χ1n) is 10.8. The third kappa shape index (κ3) is 4.53. The van der Waals surface area contributed by atoms with Crippen LogP contribution < -0.4 is 11.3 Å². The minimum Gasteiger partial charge on any atom is -0.392 e. The summed E-state index contributed by atoms with van der Waals surface area (Å²) in [5, 5.41) is 10.6. The molecule has 186 valence electrons. The van der Waals surface area contributed by atoms with Gasteiger partial charge in [0.05, 0.1) is 42.8 Å². The van der Waals surface area contributed by atoms with Gasteiger partial charge in [0, 0.05) is 12.3 Å². The minimum atomic E-state index is -3.98. The zero-order chi connectivity index (χ0) is 24.9. The average Bonchev–Trinajstić information content (AvgIpc) is 3.34. The van der Waals surface area contributed by atoms with Crippen molar-refractivity contribution in [2.45, 2.75) is 31.1 Å². The van der Waals surface area contributed by atoms with E-state index in [9.17, 15) is 18.9 Å². The lowest BCUT2D eigenvalue weighted by atomic mass is 10.0. The first-order chi connectivity index (χ1) is 16.6. The highest BCUT2D eigenvalue weighted by Gasteiger charge is 2.42. The van der Waals surface area contributed by atoms with E-state index >= 15 is 0 Å². The van der Waals surface area contributed by atoms with E-state index in [1.807, 2.05) is 0 Å². The zero-order valence-corrected chi connectivity index (χ0v) is 19.9. The lowest BCUT2D eigenvalue weighted by Gasteiger charge is -2.30. The van der Waals surface area contributed by atoms with Crippen molar-refractivity contribution in [1.82, 2.24) is 19.5 Å². The Bertz CT molecular complexity index is 1410. The molecule has 11 nitrogen and oxygen atoms in total. The van der Waals surface area contributed by atoms with Crippen molar-refractivity contribution < 1.29 is 27.6 Å². The Kier molecular flexibility index (Phi) is 6.28. The monoisotopic (exact) mass is 525 g/mol. The normalized spacial score (nSPS) is 29.2. The van der Waals surface area contributed by atoms with Gasteiger partial charge in [-0.2, -0.15) is 4.98 Å². The Balaban J connectivity index is 1.30. The van der Waals surface area contributed by atoms with Crippen molar-refractivity contribution in [3.05, 3.63) is 63.4 Å². The van der Waals surface area contributed by atoms with Crippen LogP contribution in [0.3, 0.4) is 0 Å². The lowest BCUT2D eigenvalue weighted by Crippen LogP contribution is -2.22. The van der Waals surface area contributed by atoms with E-state index in [-0.39, 0.29) is 41.8 Å². The molecule has 1 unspecified atom stereocenters. The quantitative estimate of drug-likeness (QED) is 0.336. The molecule has 4 N–H and O–H groups in total. The standard InChI is InChI=1S/C21H22ClFN5O6P/c1-10-12(16(29)7-15(10)28-9-25-18-19(28)26-21(24)27-20(18)30)8-33-35(31)32-5-4-17(34-35)11-2-3-14(23)13(22)6-11/h2-3,6,9,12,15-17,29H,1,4-5,7-8H2,(H3,24,26,27,30)/t12-,15-,16-,17+,35?/m0/s1. The molecule has 5 rings (SSSR count). The van der Waals surface area contributed by atoms with Crippen LogP contribution in [0.1, 0.15) is 30.6 Å². The van der Waals surface area contributed by atoms with Crippen LogP contribution in [0.25, 0.3) is 11.2 Å². The van der Waals surface area contributed by atoms with Gasteiger partial charge in [0.2, 0.25) is 5.95 Å². The number of anilines is 1. The van der Waals surface area contributed by atoms with Gasteiger partial charge in [0.1, 0.15) is 5.82 Å². The van der Waals surface area contributed by atoms with Gasteiger partial charge in [-0.1, -0.05) is 24.2 Å². The molecular formula is C21H22ClFN5O6P. The topological polar surface area (TPSA) is 155 Å². The third-order valence-electron chi connectivity index (χ3n) is 6.23. The smallest absolute Gasteiger partial charge is 0.392 e. The van der Waals surface area contributed by atoms with Crippen molar-refractivity contribution in [2.24, 2.45) is 5.92 Å². The molecule has 2 aromatic heterocycles. The maximum absolute atomic E-state index is 13.5. The SMILES string of the molecule is C=C1[C@H](COP2(=O)OCC[C@H](c3ccc(F)c(Cl)c3)O2)[C@@H](O)C[C@@H]1n1cnc2c(=O)[nH]c(N)nc21. The summed E-state index contributed by atoms with van der Waals surface area (Å²) in [6.07, 6.45) is 0.511. The number of imidazole rings is 1. The lowest BCUT2D eigenvalue weighted by molar-refractivity contribution is 0.0165. The second-order valence-electron chi connectivity index (χ2n) is 8.41. The summed E-state index contributed by atoms with van der Waals surface area (Å²) < 4.78 is 44.7. The number of phosphoric ester groups is 1. The first kappa shape index (κ1) is 24.1. The number of hydrogen-bond donors (Lipinski definition) is 3. The number of aromatic amines is 1. The number of halogens is 2. The van der Waals surface area contributed by atoms with Crippen LogP contribution in [-0.2, 0) is 18.1 Å². The number of phosphoric acid groups is 1. The number of aliphatic hydroxyl groups is 1. The van der Waals surface area contributed by atoms with Crippen molar-refractivity contribution in [3.8, 4) is 0 Å². The van der Waals surface area contributed by atoms with Crippen LogP contribution in [0.2, 0.25) is 5.02 Å². The van der Waals surface area contributed by atoms with Gasteiger partial charge < -0.3 is 15.4 Å². The number of nitrogens with two attached hydrogens (primary N) is 1. The molecule has 3 aromatic rings. The molecule has 1 aromatic carbocycles. The number of fused-ring (bicyclic) bond motifs is 1. The van der Waals surface area contributed by atoms with Gasteiger partial charge >= 0.3 is 7.82 Å². The number of nitrogen functional groups attached to an aromatic ring is 1. The fourth-order valence-corrected chi connectivity index (χ4v) is 6.01. The summed E-state index contributed by atoms with van der Waals surface area (Å²) in [5.74, 6) is -1.23. The summed E-state index contributed by atoms with van der Waals surface area (Å²) in [6.45, 7) is 3.99. The van der Waals surface area contributed by atoms with Gasteiger partial charge in [-0.25, -0.2) is 13.9 Å². The van der Waals surface area contributed by atoms with Crippen LogP contribution in [0.5, 0.6) is 0 Å². The molecule has 0 spiro atoms. The molecule has 5 atom stereocenters. The fraction of sp³-hybridized carbons (Fsp3) is 0.381. The third-order valence-corrected chi connectivity index (χ3v) is 8.00.